The molecule has 17 heavy (non-hydrogen) atoms. The van der Waals surface area contributed by atoms with Crippen molar-refractivity contribution < 1.29 is 9.53 Å². The van der Waals surface area contributed by atoms with Crippen LogP contribution in [0.4, 0.5) is 0 Å². The number of carbonyl (C=O) groups is 1. The Morgan fingerprint density at radius 3 is 2.76 bits per heavy atom. The number of ether oxygens (including phenoxy) is 1. The van der Waals surface area contributed by atoms with E-state index in [9.17, 15) is 4.79 Å². The number of nitrogens with one attached hydrogen (secondary N) is 1. The van der Waals surface area contributed by atoms with Gasteiger partial charge in [0, 0.05) is 23.0 Å². The predicted molar refractivity (Wildman–Crippen MR) is 66.6 cm³/mol. The first-order chi connectivity index (χ1) is 7.99. The van der Waals surface area contributed by atoms with Gasteiger partial charge in [-0.1, -0.05) is 11.6 Å². The lowest BCUT2D eigenvalue weighted by Crippen LogP contribution is -2.32. The summed E-state index contributed by atoms with van der Waals surface area (Å²) < 4.78 is 5.27. The summed E-state index contributed by atoms with van der Waals surface area (Å²) in [4.78, 5) is 11.2. The summed E-state index contributed by atoms with van der Waals surface area (Å²) in [6.45, 7) is 1.87. The highest BCUT2D eigenvalue weighted by atomic mass is 35.5. The van der Waals surface area contributed by atoms with Gasteiger partial charge in [0.2, 0.25) is 5.91 Å². The first-order valence-electron chi connectivity index (χ1n) is 5.08. The van der Waals surface area contributed by atoms with E-state index in [0.717, 1.165) is 5.56 Å². The number of benzene rings is 1. The molecule has 5 N–H and O–H groups in total. The van der Waals surface area contributed by atoms with Gasteiger partial charge in [0.1, 0.15) is 5.75 Å². The Bertz CT molecular complexity index is 423. The van der Waals surface area contributed by atoms with Crippen LogP contribution in [0.3, 0.4) is 0 Å². The molecule has 1 rings (SSSR count). The summed E-state index contributed by atoms with van der Waals surface area (Å²) in [7, 11) is 1.55. The van der Waals surface area contributed by atoms with Gasteiger partial charge in [0.05, 0.1) is 7.11 Å². The summed E-state index contributed by atoms with van der Waals surface area (Å²) >= 11 is 5.96. The Morgan fingerprint density at radius 2 is 2.24 bits per heavy atom. The zero-order chi connectivity index (χ0) is 13.0. The average molecular weight is 258 g/mol. The Kier molecular flexibility index (Phi) is 4.74. The molecule has 1 unspecified atom stereocenters. The maximum atomic E-state index is 11.2. The highest BCUT2D eigenvalue weighted by Gasteiger charge is 2.17. The minimum absolute atomic E-state index is 0.0760. The minimum atomic E-state index is -0.508. The summed E-state index contributed by atoms with van der Waals surface area (Å²) in [5.41, 5.74) is 9.54. The molecule has 1 aromatic rings. The molecular formula is C11H16ClN3O2. The molecule has 0 saturated carbocycles. The molecule has 0 aliphatic carbocycles. The van der Waals surface area contributed by atoms with Crippen molar-refractivity contribution in [2.45, 2.75) is 19.4 Å². The fourth-order valence-electron chi connectivity index (χ4n) is 1.68. The molecule has 0 saturated heterocycles. The molecule has 0 radical (unpaired) electrons. The molecule has 94 valence electrons. The van der Waals surface area contributed by atoms with Gasteiger partial charge in [-0.15, -0.1) is 0 Å². The average Bonchev–Trinajstić information content (AvgIpc) is 2.27. The van der Waals surface area contributed by atoms with Crippen LogP contribution < -0.4 is 21.7 Å². The molecule has 5 nitrogen and oxygen atoms in total. The number of hydrogen-bond acceptors (Lipinski definition) is 4. The minimum Gasteiger partial charge on any atom is -0.496 e. The third kappa shape index (κ3) is 3.33. The molecule has 0 aromatic heterocycles. The van der Waals surface area contributed by atoms with Crippen molar-refractivity contribution in [2.24, 2.45) is 11.6 Å². The van der Waals surface area contributed by atoms with Crippen molar-refractivity contribution in [1.82, 2.24) is 5.43 Å². The van der Waals surface area contributed by atoms with Gasteiger partial charge in [-0.05, 0) is 24.6 Å². The first kappa shape index (κ1) is 13.8. The lowest BCUT2D eigenvalue weighted by Gasteiger charge is -2.17. The lowest BCUT2D eigenvalue weighted by molar-refractivity contribution is -0.121. The van der Waals surface area contributed by atoms with Gasteiger partial charge in [-0.2, -0.15) is 0 Å². The van der Waals surface area contributed by atoms with E-state index in [-0.39, 0.29) is 12.3 Å². The second kappa shape index (κ2) is 5.86. The van der Waals surface area contributed by atoms with Gasteiger partial charge in [-0.3, -0.25) is 10.2 Å². The number of halogens is 1. The van der Waals surface area contributed by atoms with E-state index >= 15 is 0 Å². The van der Waals surface area contributed by atoms with E-state index in [4.69, 9.17) is 27.9 Å². The molecule has 0 aliphatic rings. The number of aryl methyl sites for hydroxylation is 1. The smallest absolute Gasteiger partial charge is 0.235 e. The largest absolute Gasteiger partial charge is 0.496 e. The van der Waals surface area contributed by atoms with Crippen LogP contribution in [0.1, 0.15) is 23.6 Å². The van der Waals surface area contributed by atoms with Crippen molar-refractivity contribution in [2.75, 3.05) is 7.11 Å². The van der Waals surface area contributed by atoms with Crippen molar-refractivity contribution in [1.29, 1.82) is 0 Å². The van der Waals surface area contributed by atoms with Crippen LogP contribution >= 0.6 is 11.6 Å². The number of hydrogen-bond donors (Lipinski definition) is 3. The van der Waals surface area contributed by atoms with Crippen molar-refractivity contribution in [3.63, 3.8) is 0 Å². The Hall–Kier alpha value is -1.30. The quantitative estimate of drug-likeness (QED) is 0.427. The molecule has 1 amide bonds. The SMILES string of the molecule is COc1c(C)cc(Cl)cc1C(N)CC(=O)NN. The zero-order valence-corrected chi connectivity index (χ0v) is 10.5. The van der Waals surface area contributed by atoms with Crippen molar-refractivity contribution in [3.05, 3.63) is 28.3 Å². The fourth-order valence-corrected chi connectivity index (χ4v) is 1.96. The first-order valence-corrected chi connectivity index (χ1v) is 5.46. The number of rotatable bonds is 4. The van der Waals surface area contributed by atoms with Crippen LogP contribution in [0, 0.1) is 6.92 Å². The summed E-state index contributed by atoms with van der Waals surface area (Å²) in [6.07, 6.45) is 0.0760. The zero-order valence-electron chi connectivity index (χ0n) is 9.79. The Balaban J connectivity index is 3.07. The number of amides is 1. The molecule has 1 atom stereocenters. The monoisotopic (exact) mass is 257 g/mol. The number of nitrogens with two attached hydrogens (primary N) is 2. The van der Waals surface area contributed by atoms with Crippen LogP contribution in [0.15, 0.2) is 12.1 Å². The topological polar surface area (TPSA) is 90.4 Å². The van der Waals surface area contributed by atoms with E-state index in [1.165, 1.54) is 0 Å². The molecule has 0 heterocycles. The highest BCUT2D eigenvalue weighted by Crippen LogP contribution is 2.32. The van der Waals surface area contributed by atoms with Crippen LogP contribution in [0.5, 0.6) is 5.75 Å². The molecule has 1 aromatic carbocycles. The van der Waals surface area contributed by atoms with E-state index in [2.05, 4.69) is 0 Å². The highest BCUT2D eigenvalue weighted by molar-refractivity contribution is 6.30. The van der Waals surface area contributed by atoms with Gasteiger partial charge < -0.3 is 10.5 Å². The molecule has 0 bridgehead atoms. The van der Waals surface area contributed by atoms with Crippen LogP contribution in [-0.2, 0) is 4.79 Å². The second-order valence-corrected chi connectivity index (χ2v) is 4.16. The maximum Gasteiger partial charge on any atom is 0.235 e. The number of hydrazine groups is 1. The van der Waals surface area contributed by atoms with Gasteiger partial charge in [0.15, 0.2) is 0 Å². The van der Waals surface area contributed by atoms with Crippen LogP contribution in [0.2, 0.25) is 5.02 Å². The third-order valence-corrected chi connectivity index (χ3v) is 2.66. The Morgan fingerprint density at radius 1 is 1.59 bits per heavy atom. The molecule has 0 aliphatic heterocycles. The summed E-state index contributed by atoms with van der Waals surface area (Å²) in [5.74, 6) is 5.33. The molecule has 0 spiro atoms. The fraction of sp³-hybridized carbons (Fsp3) is 0.364. The van der Waals surface area contributed by atoms with Crippen molar-refractivity contribution >= 4 is 17.5 Å². The van der Waals surface area contributed by atoms with Gasteiger partial charge >= 0.3 is 0 Å². The molecule has 6 heteroatoms. The second-order valence-electron chi connectivity index (χ2n) is 3.72. The number of methoxy groups -OCH3 is 1. The summed E-state index contributed by atoms with van der Waals surface area (Å²) in [5, 5.41) is 0.557. The standard InChI is InChI=1S/C11H16ClN3O2/c1-6-3-7(12)4-8(11(6)17-2)9(13)5-10(16)15-14/h3-4,9H,5,13-14H2,1-2H3,(H,15,16). The van der Waals surface area contributed by atoms with Crippen molar-refractivity contribution in [3.8, 4) is 5.75 Å². The third-order valence-electron chi connectivity index (χ3n) is 2.44. The van der Waals surface area contributed by atoms with Crippen LogP contribution in [-0.4, -0.2) is 13.0 Å². The van der Waals surface area contributed by atoms with Gasteiger partial charge in [0.25, 0.3) is 0 Å². The summed E-state index contributed by atoms with van der Waals surface area (Å²) in [6, 6.07) is 2.97. The molecule has 0 fully saturated rings. The maximum absolute atomic E-state index is 11.2. The van der Waals surface area contributed by atoms with Gasteiger partial charge in [-0.25, -0.2) is 5.84 Å². The van der Waals surface area contributed by atoms with E-state index < -0.39 is 6.04 Å². The predicted octanol–water partition coefficient (Wildman–Crippen LogP) is 1.04. The number of carbonyl (C=O) groups excluding carboxylic acids is 1. The lowest BCUT2D eigenvalue weighted by atomic mass is 10.0. The van der Waals surface area contributed by atoms with Crippen LogP contribution in [0.25, 0.3) is 0 Å². The van der Waals surface area contributed by atoms with E-state index in [1.807, 2.05) is 12.3 Å². The van der Waals surface area contributed by atoms with E-state index in [0.29, 0.717) is 16.3 Å². The molecular weight excluding hydrogens is 242 g/mol. The van der Waals surface area contributed by atoms with E-state index in [1.54, 1.807) is 19.2 Å². The normalized spacial score (nSPS) is 12.1. The Labute approximate surface area is 105 Å².